The van der Waals surface area contributed by atoms with Gasteiger partial charge in [-0.1, -0.05) is 0 Å². The maximum absolute atomic E-state index is 12.2. The lowest BCUT2D eigenvalue weighted by Gasteiger charge is -2.10. The molecule has 0 saturated carbocycles. The quantitative estimate of drug-likeness (QED) is 0.716. The minimum Gasteiger partial charge on any atom is -0.478 e. The molecule has 1 aromatic heterocycles. The van der Waals surface area contributed by atoms with E-state index in [1.807, 2.05) is 0 Å². The number of rotatable bonds is 2. The molecule has 0 aliphatic carbocycles. The molecule has 0 aromatic carbocycles. The number of nitrogens with zero attached hydrogens (tertiary/aromatic N) is 2. The van der Waals surface area contributed by atoms with Gasteiger partial charge in [0, 0.05) is 5.56 Å². The highest BCUT2D eigenvalue weighted by molar-refractivity contribution is 5.21. The first-order valence-corrected chi connectivity index (χ1v) is 3.64. The van der Waals surface area contributed by atoms with Gasteiger partial charge in [0.2, 0.25) is 5.88 Å². The third-order valence-corrected chi connectivity index (χ3v) is 1.35. The third kappa shape index (κ3) is 1.93. The first-order chi connectivity index (χ1) is 5.96. The van der Waals surface area contributed by atoms with Gasteiger partial charge in [0.1, 0.15) is 6.20 Å². The summed E-state index contributed by atoms with van der Waals surface area (Å²) in [4.78, 5) is 0. The lowest BCUT2D eigenvalue weighted by atomic mass is 10.4. The zero-order chi connectivity index (χ0) is 10.1. The molecule has 0 aliphatic rings. The third-order valence-electron chi connectivity index (χ3n) is 1.35. The molecule has 13 heavy (non-hydrogen) atoms. The largest absolute Gasteiger partial charge is 0.507 e. The molecule has 0 N–H and O–H groups in total. The summed E-state index contributed by atoms with van der Waals surface area (Å²) in [6.45, 7) is 3.23. The standard InChI is InChI=1S/C7H8F3N2O/c1-3-13-6-5(2)4-11-12(6)7(8,9)10/h3H2,1-2H3. The van der Waals surface area contributed by atoms with E-state index in [0.29, 0.717) is 0 Å². The minimum absolute atomic E-state index is 0.133. The Morgan fingerprint density at radius 2 is 2.15 bits per heavy atom. The van der Waals surface area contributed by atoms with Crippen molar-refractivity contribution >= 4 is 0 Å². The van der Waals surface area contributed by atoms with Crippen molar-refractivity contribution in [1.82, 2.24) is 9.78 Å². The van der Waals surface area contributed by atoms with Crippen LogP contribution in [0.3, 0.4) is 0 Å². The Bertz CT molecular complexity index is 292. The van der Waals surface area contributed by atoms with Crippen LogP contribution in [-0.4, -0.2) is 16.4 Å². The molecule has 1 radical (unpaired) electrons. The molecule has 1 heterocycles. The fraction of sp³-hybridized carbons (Fsp3) is 0.571. The van der Waals surface area contributed by atoms with Crippen LogP contribution < -0.4 is 4.74 Å². The van der Waals surface area contributed by atoms with Crippen LogP contribution in [0.15, 0.2) is 0 Å². The SMILES string of the molecule is CCOc1c(C)[c]nn1C(F)(F)F. The van der Waals surface area contributed by atoms with E-state index in [9.17, 15) is 13.2 Å². The van der Waals surface area contributed by atoms with Crippen LogP contribution in [-0.2, 0) is 6.30 Å². The molecule has 0 aliphatic heterocycles. The average Bonchev–Trinajstić information content (AvgIpc) is 2.32. The molecule has 0 amide bonds. The second-order valence-electron chi connectivity index (χ2n) is 2.35. The van der Waals surface area contributed by atoms with Crippen molar-refractivity contribution in [2.24, 2.45) is 0 Å². The van der Waals surface area contributed by atoms with Gasteiger partial charge in [-0.3, -0.25) is 0 Å². The van der Waals surface area contributed by atoms with E-state index in [4.69, 9.17) is 4.74 Å². The molecule has 3 nitrogen and oxygen atoms in total. The predicted octanol–water partition coefficient (Wildman–Crippen LogP) is 1.87. The molecule has 0 spiro atoms. The van der Waals surface area contributed by atoms with Crippen molar-refractivity contribution in [2.75, 3.05) is 6.61 Å². The van der Waals surface area contributed by atoms with Crippen LogP contribution in [0, 0.1) is 13.1 Å². The predicted molar refractivity (Wildman–Crippen MR) is 38.3 cm³/mol. The van der Waals surface area contributed by atoms with E-state index in [0.717, 1.165) is 0 Å². The summed E-state index contributed by atoms with van der Waals surface area (Å²) >= 11 is 0. The molecule has 0 unspecified atom stereocenters. The molecule has 0 fully saturated rings. The van der Waals surface area contributed by atoms with Crippen LogP contribution in [0.4, 0.5) is 13.2 Å². The van der Waals surface area contributed by atoms with Crippen molar-refractivity contribution in [2.45, 2.75) is 20.1 Å². The Morgan fingerprint density at radius 1 is 1.54 bits per heavy atom. The topological polar surface area (TPSA) is 27.1 Å². The highest BCUT2D eigenvalue weighted by atomic mass is 19.4. The van der Waals surface area contributed by atoms with Gasteiger partial charge in [-0.25, -0.2) is 0 Å². The van der Waals surface area contributed by atoms with E-state index in [1.165, 1.54) is 6.92 Å². The highest BCUT2D eigenvalue weighted by Gasteiger charge is 2.35. The van der Waals surface area contributed by atoms with Crippen molar-refractivity contribution in [3.05, 3.63) is 11.8 Å². The van der Waals surface area contributed by atoms with Gasteiger partial charge >= 0.3 is 6.30 Å². The Morgan fingerprint density at radius 3 is 2.62 bits per heavy atom. The van der Waals surface area contributed by atoms with Gasteiger partial charge < -0.3 is 4.74 Å². The number of hydrogen-bond donors (Lipinski definition) is 0. The van der Waals surface area contributed by atoms with Crippen LogP contribution in [0.1, 0.15) is 12.5 Å². The van der Waals surface area contributed by atoms with Gasteiger partial charge in [-0.05, 0) is 13.8 Å². The van der Waals surface area contributed by atoms with Gasteiger partial charge in [0.25, 0.3) is 0 Å². The lowest BCUT2D eigenvalue weighted by molar-refractivity contribution is -0.215. The van der Waals surface area contributed by atoms with E-state index >= 15 is 0 Å². The van der Waals surface area contributed by atoms with E-state index < -0.39 is 6.30 Å². The van der Waals surface area contributed by atoms with Crippen LogP contribution in [0.5, 0.6) is 5.88 Å². The summed E-state index contributed by atoms with van der Waals surface area (Å²) in [5.41, 5.74) is 0.249. The summed E-state index contributed by atoms with van der Waals surface area (Å²) < 4.78 is 41.2. The molecule has 1 rings (SSSR count). The number of aryl methyl sites for hydroxylation is 1. The van der Waals surface area contributed by atoms with Gasteiger partial charge in [0.05, 0.1) is 6.61 Å². The van der Waals surface area contributed by atoms with E-state index in [1.54, 1.807) is 6.92 Å². The average molecular weight is 193 g/mol. The summed E-state index contributed by atoms with van der Waals surface area (Å²) in [6, 6.07) is 0. The lowest BCUT2D eigenvalue weighted by Crippen LogP contribution is -2.19. The zero-order valence-corrected chi connectivity index (χ0v) is 7.14. The van der Waals surface area contributed by atoms with Crippen molar-refractivity contribution in [3.63, 3.8) is 0 Å². The second kappa shape index (κ2) is 3.27. The van der Waals surface area contributed by atoms with Crippen LogP contribution in [0.2, 0.25) is 0 Å². The second-order valence-corrected chi connectivity index (χ2v) is 2.35. The minimum atomic E-state index is -4.55. The molecule has 0 atom stereocenters. The summed E-state index contributed by atoms with van der Waals surface area (Å²) in [5.74, 6) is -0.296. The molecule has 73 valence electrons. The molecule has 6 heteroatoms. The van der Waals surface area contributed by atoms with Crippen molar-refractivity contribution in [3.8, 4) is 5.88 Å². The normalized spacial score (nSPS) is 11.8. The first-order valence-electron chi connectivity index (χ1n) is 3.64. The molecule has 0 bridgehead atoms. The van der Waals surface area contributed by atoms with Crippen molar-refractivity contribution < 1.29 is 17.9 Å². The zero-order valence-electron chi connectivity index (χ0n) is 7.14. The molecule has 1 aromatic rings. The van der Waals surface area contributed by atoms with Gasteiger partial charge in [-0.2, -0.15) is 5.10 Å². The summed E-state index contributed by atoms with van der Waals surface area (Å²) in [6.07, 6.45) is -2.35. The molecular formula is C7H8F3N2O. The number of aromatic nitrogens is 2. The number of ether oxygens (including phenoxy) is 1. The van der Waals surface area contributed by atoms with Gasteiger partial charge in [0.15, 0.2) is 0 Å². The van der Waals surface area contributed by atoms with Gasteiger partial charge in [-0.15, -0.1) is 17.9 Å². The Labute approximate surface area is 73.1 Å². The van der Waals surface area contributed by atoms with E-state index in [-0.39, 0.29) is 22.7 Å². The van der Waals surface area contributed by atoms with Crippen LogP contribution >= 0.6 is 0 Å². The van der Waals surface area contributed by atoms with E-state index in [2.05, 4.69) is 11.3 Å². The Balaban J connectivity index is 3.07. The molecular weight excluding hydrogens is 185 g/mol. The maximum Gasteiger partial charge on any atom is 0.507 e. The maximum atomic E-state index is 12.2. The van der Waals surface area contributed by atoms with Crippen LogP contribution in [0.25, 0.3) is 0 Å². The fourth-order valence-electron chi connectivity index (χ4n) is 0.855. The smallest absolute Gasteiger partial charge is 0.478 e. The highest BCUT2D eigenvalue weighted by Crippen LogP contribution is 2.29. The first kappa shape index (κ1) is 9.88. The molecule has 0 saturated heterocycles. The van der Waals surface area contributed by atoms with Crippen molar-refractivity contribution in [1.29, 1.82) is 0 Å². The number of halogens is 3. The Hall–Kier alpha value is -1.20. The Kier molecular flexibility index (Phi) is 2.49. The number of hydrogen-bond acceptors (Lipinski definition) is 2. The summed E-state index contributed by atoms with van der Waals surface area (Å²) in [5, 5.41) is 3.05. The summed E-state index contributed by atoms with van der Waals surface area (Å²) in [7, 11) is 0. The number of alkyl halides is 3. The monoisotopic (exact) mass is 193 g/mol. The fourth-order valence-corrected chi connectivity index (χ4v) is 0.855.